The zero-order valence-corrected chi connectivity index (χ0v) is 14.6. The van der Waals surface area contributed by atoms with E-state index in [4.69, 9.17) is 0 Å². The first-order valence-corrected chi connectivity index (χ1v) is 6.15. The van der Waals surface area contributed by atoms with Crippen LogP contribution in [-0.4, -0.2) is 8.41 Å². The van der Waals surface area contributed by atoms with Gasteiger partial charge in [0.15, 0.2) is 0 Å². The van der Waals surface area contributed by atoms with E-state index in [9.17, 15) is 0 Å². The maximum Gasteiger partial charge on any atom is 0 e. The monoisotopic (exact) mass is 330 g/mol. The molecule has 3 rings (SSSR count). The number of hydrogen-bond acceptors (Lipinski definition) is 0. The van der Waals surface area contributed by atoms with E-state index >= 15 is 0 Å². The van der Waals surface area contributed by atoms with Crippen molar-refractivity contribution < 1.29 is 32.7 Å². The molecule has 0 aliphatic rings. The molecular weight excluding hydrogens is 316 g/mol. The summed E-state index contributed by atoms with van der Waals surface area (Å²) < 4.78 is 0. The van der Waals surface area contributed by atoms with Gasteiger partial charge in [0.25, 0.3) is 0 Å². The first kappa shape index (κ1) is 17.1. The average Bonchev–Trinajstić information content (AvgIpc) is 2.41. The van der Waals surface area contributed by atoms with Crippen molar-refractivity contribution in [3.63, 3.8) is 0 Å². The molecule has 0 heterocycles. The zero-order valence-electron chi connectivity index (χ0n) is 11.8. The number of hydrogen-bond donors (Lipinski definition) is 0. The Bertz CT molecular complexity index is 714. The molecular formula is C18H14BY-2. The molecule has 0 saturated heterocycles. The minimum absolute atomic E-state index is 0. The molecule has 94 valence electrons. The maximum absolute atomic E-state index is 3.45. The maximum atomic E-state index is 3.45. The normalized spacial score (nSPS) is 9.70. The van der Waals surface area contributed by atoms with Crippen LogP contribution < -0.4 is 0 Å². The largest absolute Gasteiger partial charge is 0.225 e. The SMILES string of the molecule is Cc1[c-]c(-c2[c-]ccc3ccccc23)ccc1C.[B].[Y]. The average molecular weight is 330 g/mol. The summed E-state index contributed by atoms with van der Waals surface area (Å²) in [6.45, 7) is 4.21. The quantitative estimate of drug-likeness (QED) is 0.460. The summed E-state index contributed by atoms with van der Waals surface area (Å²) >= 11 is 0. The second kappa shape index (κ2) is 7.20. The van der Waals surface area contributed by atoms with Gasteiger partial charge in [0.1, 0.15) is 0 Å². The number of aryl methyl sites for hydroxylation is 2. The molecule has 0 bridgehead atoms. The van der Waals surface area contributed by atoms with Crippen molar-refractivity contribution in [2.24, 2.45) is 0 Å². The molecule has 0 fully saturated rings. The molecule has 0 N–H and O–H groups in total. The third-order valence-corrected chi connectivity index (χ3v) is 3.40. The van der Waals surface area contributed by atoms with Crippen molar-refractivity contribution >= 4 is 19.2 Å². The third-order valence-electron chi connectivity index (χ3n) is 3.40. The molecule has 0 nitrogen and oxygen atoms in total. The number of benzene rings is 3. The first-order valence-electron chi connectivity index (χ1n) is 6.15. The van der Waals surface area contributed by atoms with Gasteiger partial charge in [-0.1, -0.05) is 32.0 Å². The predicted octanol–water partition coefficient (Wildman–Crippen LogP) is 4.34. The van der Waals surface area contributed by atoms with E-state index in [1.165, 1.54) is 21.9 Å². The fourth-order valence-electron chi connectivity index (χ4n) is 2.21. The van der Waals surface area contributed by atoms with Gasteiger partial charge in [0.2, 0.25) is 0 Å². The summed E-state index contributed by atoms with van der Waals surface area (Å²) in [5.41, 5.74) is 4.74. The van der Waals surface area contributed by atoms with Gasteiger partial charge in [0, 0.05) is 41.1 Å². The molecule has 0 spiro atoms. The summed E-state index contributed by atoms with van der Waals surface area (Å²) in [7, 11) is 0. The molecule has 0 aromatic heterocycles. The Kier molecular flexibility index (Phi) is 6.17. The van der Waals surface area contributed by atoms with Crippen LogP contribution in [0.1, 0.15) is 11.1 Å². The van der Waals surface area contributed by atoms with Gasteiger partial charge < -0.3 is 0 Å². The van der Waals surface area contributed by atoms with Crippen molar-refractivity contribution in [1.29, 1.82) is 0 Å². The molecule has 0 saturated carbocycles. The fourth-order valence-corrected chi connectivity index (χ4v) is 2.21. The second-order valence-corrected chi connectivity index (χ2v) is 4.62. The number of fused-ring (bicyclic) bond motifs is 1. The van der Waals surface area contributed by atoms with Gasteiger partial charge in [-0.25, -0.2) is 11.1 Å². The molecule has 0 unspecified atom stereocenters. The fraction of sp³-hybridized carbons (Fsp3) is 0.111. The van der Waals surface area contributed by atoms with E-state index in [0.717, 1.165) is 11.1 Å². The van der Waals surface area contributed by atoms with Crippen molar-refractivity contribution in [3.05, 3.63) is 71.8 Å². The Labute approximate surface area is 148 Å². The van der Waals surface area contributed by atoms with Crippen LogP contribution in [0.2, 0.25) is 0 Å². The van der Waals surface area contributed by atoms with Crippen molar-refractivity contribution in [2.45, 2.75) is 13.8 Å². The van der Waals surface area contributed by atoms with Gasteiger partial charge in [-0.2, -0.15) is 30.3 Å². The van der Waals surface area contributed by atoms with E-state index in [1.807, 2.05) is 6.07 Å². The Hall–Kier alpha value is -0.911. The minimum Gasteiger partial charge on any atom is -0.225 e. The predicted molar refractivity (Wildman–Crippen MR) is 82.3 cm³/mol. The third kappa shape index (κ3) is 3.22. The molecule has 3 aromatic rings. The summed E-state index contributed by atoms with van der Waals surface area (Å²) in [6.07, 6.45) is 0. The minimum atomic E-state index is 0. The van der Waals surface area contributed by atoms with Crippen LogP contribution in [0.15, 0.2) is 48.5 Å². The molecule has 4 radical (unpaired) electrons. The van der Waals surface area contributed by atoms with Crippen LogP contribution >= 0.6 is 0 Å². The summed E-state index contributed by atoms with van der Waals surface area (Å²) in [4.78, 5) is 0. The topological polar surface area (TPSA) is 0 Å². The van der Waals surface area contributed by atoms with Crippen molar-refractivity contribution in [1.82, 2.24) is 0 Å². The standard InChI is InChI=1S/C18H14.B.Y/c1-13-10-11-16(12-14(13)2)18-9-5-7-15-6-3-4-8-17(15)18;;/h3-8,10-11H,1-2H3;;/q-2;;. The van der Waals surface area contributed by atoms with Gasteiger partial charge in [-0.3, -0.25) is 0 Å². The van der Waals surface area contributed by atoms with Crippen molar-refractivity contribution in [3.8, 4) is 11.1 Å². The van der Waals surface area contributed by atoms with Gasteiger partial charge in [0.05, 0.1) is 0 Å². The van der Waals surface area contributed by atoms with Crippen LogP contribution in [0.5, 0.6) is 0 Å². The Balaban J connectivity index is 0.000001000. The zero-order chi connectivity index (χ0) is 12.5. The van der Waals surface area contributed by atoms with Gasteiger partial charge in [-0.05, 0) is 0 Å². The number of rotatable bonds is 1. The summed E-state index contributed by atoms with van der Waals surface area (Å²) in [5.74, 6) is 0. The van der Waals surface area contributed by atoms with Gasteiger partial charge >= 0.3 is 0 Å². The molecule has 2 heteroatoms. The molecule has 0 atom stereocenters. The van der Waals surface area contributed by atoms with E-state index < -0.39 is 0 Å². The van der Waals surface area contributed by atoms with E-state index in [2.05, 4.69) is 68.4 Å². The van der Waals surface area contributed by atoms with Crippen LogP contribution in [0.3, 0.4) is 0 Å². The second-order valence-electron chi connectivity index (χ2n) is 4.62. The van der Waals surface area contributed by atoms with E-state index in [0.29, 0.717) is 0 Å². The Morgan fingerprint density at radius 1 is 0.900 bits per heavy atom. The Morgan fingerprint density at radius 2 is 1.65 bits per heavy atom. The Morgan fingerprint density at radius 3 is 2.40 bits per heavy atom. The molecule has 0 aliphatic carbocycles. The molecule has 0 aliphatic heterocycles. The molecule has 20 heavy (non-hydrogen) atoms. The van der Waals surface area contributed by atoms with Gasteiger partial charge in [-0.15, -0.1) is 34.0 Å². The molecule has 3 aromatic carbocycles. The first-order chi connectivity index (χ1) is 8.75. The van der Waals surface area contributed by atoms with Crippen LogP contribution in [-0.2, 0) is 32.7 Å². The van der Waals surface area contributed by atoms with Crippen LogP contribution in [0.4, 0.5) is 0 Å². The molecule has 0 amide bonds. The van der Waals surface area contributed by atoms with Crippen molar-refractivity contribution in [2.75, 3.05) is 0 Å². The smallest absolute Gasteiger partial charge is 0 e. The summed E-state index contributed by atoms with van der Waals surface area (Å²) in [5, 5.41) is 2.48. The van der Waals surface area contributed by atoms with Crippen LogP contribution in [0, 0.1) is 26.0 Å². The van der Waals surface area contributed by atoms with Crippen LogP contribution in [0.25, 0.3) is 21.9 Å². The van der Waals surface area contributed by atoms with E-state index in [-0.39, 0.29) is 41.1 Å². The summed E-state index contributed by atoms with van der Waals surface area (Å²) in [6, 6.07) is 23.6. The van der Waals surface area contributed by atoms with E-state index in [1.54, 1.807) is 0 Å².